The van der Waals surface area contributed by atoms with Crippen molar-refractivity contribution in [2.24, 2.45) is 0 Å². The molecule has 132 valence electrons. The molecular formula is C22H21NO3. The van der Waals surface area contributed by atoms with E-state index in [1.165, 1.54) is 13.8 Å². The van der Waals surface area contributed by atoms with Gasteiger partial charge >= 0.3 is 5.97 Å². The highest BCUT2D eigenvalue weighted by Gasteiger charge is 2.18. The van der Waals surface area contributed by atoms with Crippen molar-refractivity contribution in [3.05, 3.63) is 71.8 Å². The largest absolute Gasteiger partial charge is 0.426 e. The highest BCUT2D eigenvalue weighted by atomic mass is 16.5. The fourth-order valence-electron chi connectivity index (χ4n) is 3.00. The van der Waals surface area contributed by atoms with Crippen molar-refractivity contribution in [1.82, 2.24) is 0 Å². The second-order valence-corrected chi connectivity index (χ2v) is 6.30. The molecule has 0 N–H and O–H groups in total. The van der Waals surface area contributed by atoms with Gasteiger partial charge in [0, 0.05) is 25.1 Å². The Morgan fingerprint density at radius 2 is 1.62 bits per heavy atom. The standard InChI is InChI=1S/C22H21NO3/c1-15-8-11-19(12-9-15)23(16(2)24)14-21-20-7-5-4-6-18(20)10-13-22(21)26-17(3)25/h4-13H,14H2,1-3H3. The number of esters is 1. The number of benzene rings is 3. The predicted octanol–water partition coefficient (Wildman–Crippen LogP) is 4.63. The summed E-state index contributed by atoms with van der Waals surface area (Å²) in [7, 11) is 0. The van der Waals surface area contributed by atoms with Crippen LogP contribution in [0.3, 0.4) is 0 Å². The van der Waals surface area contributed by atoms with Crippen molar-refractivity contribution in [2.45, 2.75) is 27.3 Å². The number of fused-ring (bicyclic) bond motifs is 1. The number of carbonyl (C=O) groups is 2. The summed E-state index contributed by atoms with van der Waals surface area (Å²) in [6, 6.07) is 19.4. The Labute approximate surface area is 153 Å². The zero-order valence-corrected chi connectivity index (χ0v) is 15.2. The maximum Gasteiger partial charge on any atom is 0.308 e. The third kappa shape index (κ3) is 3.75. The summed E-state index contributed by atoms with van der Waals surface area (Å²) in [5, 5.41) is 2.00. The number of ether oxygens (including phenoxy) is 1. The van der Waals surface area contributed by atoms with Gasteiger partial charge in [0.2, 0.25) is 5.91 Å². The Morgan fingerprint density at radius 1 is 0.923 bits per heavy atom. The lowest BCUT2D eigenvalue weighted by Gasteiger charge is -2.23. The van der Waals surface area contributed by atoms with Crippen molar-refractivity contribution in [1.29, 1.82) is 0 Å². The average Bonchev–Trinajstić information content (AvgIpc) is 2.61. The zero-order valence-electron chi connectivity index (χ0n) is 15.2. The first kappa shape index (κ1) is 17.7. The molecule has 0 unspecified atom stereocenters. The molecule has 0 saturated heterocycles. The molecule has 3 rings (SSSR count). The van der Waals surface area contributed by atoms with Crippen LogP contribution in [0.2, 0.25) is 0 Å². The van der Waals surface area contributed by atoms with E-state index in [1.807, 2.05) is 61.5 Å². The van der Waals surface area contributed by atoms with Crippen LogP contribution in [-0.4, -0.2) is 11.9 Å². The molecule has 1 amide bonds. The van der Waals surface area contributed by atoms with Crippen LogP contribution >= 0.6 is 0 Å². The van der Waals surface area contributed by atoms with Gasteiger partial charge in [-0.3, -0.25) is 9.59 Å². The van der Waals surface area contributed by atoms with Gasteiger partial charge in [0.15, 0.2) is 0 Å². The van der Waals surface area contributed by atoms with Crippen molar-refractivity contribution in [3.8, 4) is 5.75 Å². The van der Waals surface area contributed by atoms with Gasteiger partial charge in [-0.25, -0.2) is 0 Å². The molecule has 0 spiro atoms. The van der Waals surface area contributed by atoms with Crippen LogP contribution in [0.5, 0.6) is 5.75 Å². The van der Waals surface area contributed by atoms with Gasteiger partial charge in [0.25, 0.3) is 0 Å². The van der Waals surface area contributed by atoms with E-state index in [1.54, 1.807) is 11.0 Å². The van der Waals surface area contributed by atoms with E-state index in [9.17, 15) is 9.59 Å². The third-order valence-electron chi connectivity index (χ3n) is 4.29. The minimum Gasteiger partial charge on any atom is -0.426 e. The molecule has 4 heteroatoms. The Hall–Kier alpha value is -3.14. The minimum absolute atomic E-state index is 0.0736. The molecule has 0 radical (unpaired) electrons. The van der Waals surface area contributed by atoms with E-state index >= 15 is 0 Å². The van der Waals surface area contributed by atoms with E-state index in [4.69, 9.17) is 4.74 Å². The molecule has 4 nitrogen and oxygen atoms in total. The number of carbonyl (C=O) groups excluding carboxylic acids is 2. The second-order valence-electron chi connectivity index (χ2n) is 6.30. The number of aryl methyl sites for hydroxylation is 1. The molecule has 26 heavy (non-hydrogen) atoms. The molecule has 0 atom stereocenters. The highest BCUT2D eigenvalue weighted by molar-refractivity contribution is 5.94. The molecule has 0 heterocycles. The Bertz CT molecular complexity index is 961. The summed E-state index contributed by atoms with van der Waals surface area (Å²) in [5.41, 5.74) is 2.75. The van der Waals surface area contributed by atoms with E-state index < -0.39 is 0 Å². The first-order valence-corrected chi connectivity index (χ1v) is 8.49. The number of hydrogen-bond donors (Lipinski definition) is 0. The number of rotatable bonds is 4. The van der Waals surface area contributed by atoms with E-state index in [2.05, 4.69) is 0 Å². The number of hydrogen-bond acceptors (Lipinski definition) is 3. The monoisotopic (exact) mass is 347 g/mol. The Kier molecular flexibility index (Phi) is 5.03. The van der Waals surface area contributed by atoms with Gasteiger partial charge in [-0.2, -0.15) is 0 Å². The topological polar surface area (TPSA) is 46.6 Å². The summed E-state index contributed by atoms with van der Waals surface area (Å²) in [5.74, 6) is 0.0244. The SMILES string of the molecule is CC(=O)Oc1ccc2ccccc2c1CN(C(C)=O)c1ccc(C)cc1. The van der Waals surface area contributed by atoms with Crippen LogP contribution in [0.25, 0.3) is 10.8 Å². The van der Waals surface area contributed by atoms with Gasteiger partial charge in [-0.15, -0.1) is 0 Å². The van der Waals surface area contributed by atoms with E-state index in [-0.39, 0.29) is 11.9 Å². The molecule has 0 bridgehead atoms. The quantitative estimate of drug-likeness (QED) is 0.511. The average molecular weight is 347 g/mol. The summed E-state index contributed by atoms with van der Waals surface area (Å²) >= 11 is 0. The summed E-state index contributed by atoms with van der Waals surface area (Å²) in [6.07, 6.45) is 0. The second kappa shape index (κ2) is 7.40. The molecule has 0 aliphatic heterocycles. The third-order valence-corrected chi connectivity index (χ3v) is 4.29. The summed E-state index contributed by atoms with van der Waals surface area (Å²) in [6.45, 7) is 5.24. The van der Waals surface area contributed by atoms with Crippen LogP contribution in [-0.2, 0) is 16.1 Å². The smallest absolute Gasteiger partial charge is 0.308 e. The van der Waals surface area contributed by atoms with Crippen LogP contribution in [0, 0.1) is 6.92 Å². The number of amides is 1. The molecule has 0 aromatic heterocycles. The van der Waals surface area contributed by atoms with Crippen molar-refractivity contribution in [3.63, 3.8) is 0 Å². The molecule has 0 saturated carbocycles. The van der Waals surface area contributed by atoms with Crippen LogP contribution in [0.15, 0.2) is 60.7 Å². The van der Waals surface area contributed by atoms with Crippen LogP contribution < -0.4 is 9.64 Å². The van der Waals surface area contributed by atoms with Gasteiger partial charge < -0.3 is 9.64 Å². The van der Waals surface area contributed by atoms with Gasteiger partial charge in [0.1, 0.15) is 5.75 Å². The van der Waals surface area contributed by atoms with E-state index in [0.29, 0.717) is 12.3 Å². The van der Waals surface area contributed by atoms with Crippen molar-refractivity contribution >= 4 is 28.3 Å². The van der Waals surface area contributed by atoms with Gasteiger partial charge in [-0.05, 0) is 35.9 Å². The molecule has 3 aromatic rings. The molecule has 0 aliphatic rings. The van der Waals surface area contributed by atoms with Crippen LogP contribution in [0.1, 0.15) is 25.0 Å². The predicted molar refractivity (Wildman–Crippen MR) is 103 cm³/mol. The maximum atomic E-state index is 12.3. The van der Waals surface area contributed by atoms with E-state index in [0.717, 1.165) is 27.6 Å². The Balaban J connectivity index is 2.10. The molecular weight excluding hydrogens is 326 g/mol. The fourth-order valence-corrected chi connectivity index (χ4v) is 3.00. The summed E-state index contributed by atoms with van der Waals surface area (Å²) < 4.78 is 5.41. The molecule has 3 aromatic carbocycles. The molecule has 0 aliphatic carbocycles. The number of anilines is 1. The lowest BCUT2D eigenvalue weighted by molar-refractivity contribution is -0.131. The Morgan fingerprint density at radius 3 is 2.27 bits per heavy atom. The zero-order chi connectivity index (χ0) is 18.7. The van der Waals surface area contributed by atoms with Crippen LogP contribution in [0.4, 0.5) is 5.69 Å². The summed E-state index contributed by atoms with van der Waals surface area (Å²) in [4.78, 5) is 25.5. The lowest BCUT2D eigenvalue weighted by Crippen LogP contribution is -2.28. The highest BCUT2D eigenvalue weighted by Crippen LogP contribution is 2.31. The first-order valence-electron chi connectivity index (χ1n) is 8.49. The van der Waals surface area contributed by atoms with Crippen molar-refractivity contribution < 1.29 is 14.3 Å². The molecule has 0 fully saturated rings. The van der Waals surface area contributed by atoms with Crippen molar-refractivity contribution in [2.75, 3.05) is 4.90 Å². The normalized spacial score (nSPS) is 10.6. The minimum atomic E-state index is -0.383. The van der Waals surface area contributed by atoms with Gasteiger partial charge in [0.05, 0.1) is 6.54 Å². The maximum absolute atomic E-state index is 12.3. The first-order chi connectivity index (χ1) is 12.5. The number of nitrogens with zero attached hydrogens (tertiary/aromatic N) is 1. The lowest BCUT2D eigenvalue weighted by atomic mass is 10.0. The van der Waals surface area contributed by atoms with Gasteiger partial charge in [-0.1, -0.05) is 48.0 Å². The fraction of sp³-hybridized carbons (Fsp3) is 0.182.